The normalized spacial score (nSPS) is 32.9. The fraction of sp³-hybridized carbons (Fsp3) is 0.800. The first kappa shape index (κ1) is 13.9. The van der Waals surface area contributed by atoms with Crippen molar-refractivity contribution in [1.29, 1.82) is 0 Å². The lowest BCUT2D eigenvalue weighted by Crippen LogP contribution is -2.53. The van der Waals surface area contributed by atoms with Gasteiger partial charge >= 0.3 is 11.9 Å². The van der Waals surface area contributed by atoms with Gasteiger partial charge in [-0.1, -0.05) is 0 Å². The summed E-state index contributed by atoms with van der Waals surface area (Å²) >= 11 is 0. The van der Waals surface area contributed by atoms with Crippen molar-refractivity contribution in [3.8, 4) is 0 Å². The molecular weight excluding hydrogens is 232 g/mol. The van der Waals surface area contributed by atoms with Crippen LogP contribution in [0.3, 0.4) is 0 Å². The lowest BCUT2D eigenvalue weighted by Gasteiger charge is -2.37. The Kier molecular flexibility index (Phi) is 4.86. The van der Waals surface area contributed by atoms with Gasteiger partial charge in [0.2, 0.25) is 0 Å². The van der Waals surface area contributed by atoms with E-state index in [1.807, 2.05) is 0 Å². The predicted octanol–water partition coefficient (Wildman–Crippen LogP) is -1.05. The van der Waals surface area contributed by atoms with Crippen LogP contribution in [0.15, 0.2) is 0 Å². The van der Waals surface area contributed by atoms with Gasteiger partial charge in [0, 0.05) is 20.3 Å². The van der Waals surface area contributed by atoms with Crippen LogP contribution in [-0.4, -0.2) is 53.4 Å². The summed E-state index contributed by atoms with van der Waals surface area (Å²) < 4.78 is 14.9. The molecule has 1 saturated heterocycles. The molecule has 0 spiro atoms. The average Bonchev–Trinajstić information content (AvgIpc) is 2.20. The first-order chi connectivity index (χ1) is 7.93. The number of esters is 2. The Hall–Kier alpha value is -1.18. The van der Waals surface area contributed by atoms with Crippen LogP contribution < -0.4 is 0 Å². The van der Waals surface area contributed by atoms with Crippen LogP contribution in [0.2, 0.25) is 0 Å². The second kappa shape index (κ2) is 5.95. The average molecular weight is 248 g/mol. The summed E-state index contributed by atoms with van der Waals surface area (Å²) in [5.41, 5.74) is 0. The lowest BCUT2D eigenvalue weighted by molar-refractivity contribution is -0.251. The third-order valence-electron chi connectivity index (χ3n) is 2.30. The van der Waals surface area contributed by atoms with Gasteiger partial charge in [0.25, 0.3) is 0 Å². The smallest absolute Gasteiger partial charge is 0.303 e. The van der Waals surface area contributed by atoms with E-state index in [0.29, 0.717) is 0 Å². The van der Waals surface area contributed by atoms with E-state index >= 15 is 0 Å². The van der Waals surface area contributed by atoms with Gasteiger partial charge in [0.1, 0.15) is 12.2 Å². The summed E-state index contributed by atoms with van der Waals surface area (Å²) in [4.78, 5) is 21.8. The molecule has 1 heterocycles. The van der Waals surface area contributed by atoms with Crippen LogP contribution in [0.25, 0.3) is 0 Å². The Morgan fingerprint density at radius 1 is 1.29 bits per heavy atom. The summed E-state index contributed by atoms with van der Waals surface area (Å²) in [6.07, 6.45) is -3.81. The van der Waals surface area contributed by atoms with Gasteiger partial charge in [-0.15, -0.1) is 0 Å². The molecule has 2 N–H and O–H groups in total. The molecule has 0 aliphatic carbocycles. The summed E-state index contributed by atoms with van der Waals surface area (Å²) in [6.45, 7) is 1.96. The van der Waals surface area contributed by atoms with Crippen LogP contribution in [0, 0.1) is 0 Å². The van der Waals surface area contributed by atoms with Gasteiger partial charge in [-0.3, -0.25) is 9.59 Å². The third-order valence-corrected chi connectivity index (χ3v) is 2.30. The molecule has 0 aromatic rings. The summed E-state index contributed by atoms with van der Waals surface area (Å²) in [5.74, 6) is -1.14. The molecule has 0 bridgehead atoms. The van der Waals surface area contributed by atoms with Crippen molar-refractivity contribution in [3.05, 3.63) is 0 Å². The summed E-state index contributed by atoms with van der Waals surface area (Å²) in [5, 5.41) is 18.5. The maximum absolute atomic E-state index is 10.9. The van der Waals surface area contributed by atoms with E-state index in [2.05, 4.69) is 0 Å². The van der Waals surface area contributed by atoms with Crippen molar-refractivity contribution in [2.24, 2.45) is 0 Å². The molecule has 0 aromatic carbocycles. The number of carbonyl (C=O) groups excluding carboxylic acids is 2. The van der Waals surface area contributed by atoms with Crippen LogP contribution in [0.1, 0.15) is 20.3 Å². The van der Waals surface area contributed by atoms with Crippen LogP contribution in [0.5, 0.6) is 0 Å². The number of carbonyl (C=O) groups is 2. The van der Waals surface area contributed by atoms with Crippen molar-refractivity contribution in [3.63, 3.8) is 0 Å². The fourth-order valence-electron chi connectivity index (χ4n) is 1.73. The molecule has 98 valence electrons. The van der Waals surface area contributed by atoms with E-state index in [1.54, 1.807) is 0 Å². The minimum absolute atomic E-state index is 0.00593. The zero-order valence-corrected chi connectivity index (χ0v) is 9.66. The van der Waals surface area contributed by atoms with Crippen molar-refractivity contribution in [2.45, 2.75) is 44.9 Å². The van der Waals surface area contributed by atoms with Gasteiger partial charge in [-0.25, -0.2) is 0 Å². The highest BCUT2D eigenvalue weighted by molar-refractivity contribution is 5.67. The van der Waals surface area contributed by atoms with Gasteiger partial charge in [-0.05, 0) is 0 Å². The minimum atomic E-state index is -1.16. The van der Waals surface area contributed by atoms with E-state index in [-0.39, 0.29) is 6.42 Å². The Morgan fingerprint density at radius 3 is 2.35 bits per heavy atom. The number of rotatable bonds is 3. The molecule has 7 nitrogen and oxygen atoms in total. The quantitative estimate of drug-likeness (QED) is 0.614. The fourth-order valence-corrected chi connectivity index (χ4v) is 1.73. The van der Waals surface area contributed by atoms with Crippen LogP contribution in [-0.2, 0) is 23.8 Å². The summed E-state index contributed by atoms with van der Waals surface area (Å²) in [7, 11) is 0. The van der Waals surface area contributed by atoms with Crippen molar-refractivity contribution in [2.75, 3.05) is 6.61 Å². The number of ether oxygens (including phenoxy) is 3. The van der Waals surface area contributed by atoms with Gasteiger partial charge < -0.3 is 24.4 Å². The molecule has 1 rings (SSSR count). The molecule has 1 aliphatic heterocycles. The molecular formula is C10H16O7. The van der Waals surface area contributed by atoms with E-state index in [4.69, 9.17) is 19.3 Å². The highest BCUT2D eigenvalue weighted by Crippen LogP contribution is 2.24. The summed E-state index contributed by atoms with van der Waals surface area (Å²) in [6, 6.07) is 0. The number of aliphatic hydroxyl groups excluding tert-OH is 2. The van der Waals surface area contributed by atoms with E-state index in [1.165, 1.54) is 13.8 Å². The molecule has 1 aliphatic rings. The third kappa shape index (κ3) is 3.95. The van der Waals surface area contributed by atoms with E-state index in [0.717, 1.165) is 0 Å². The Labute approximate surface area is 98.3 Å². The minimum Gasteiger partial charge on any atom is -0.458 e. The molecule has 7 heteroatoms. The highest BCUT2D eigenvalue weighted by atomic mass is 16.7. The van der Waals surface area contributed by atoms with Crippen LogP contribution >= 0.6 is 0 Å². The standard InChI is InChI=1S/C10H16O7/c1-5(12)15-7-3-9(14)17-8(4-11)10(7)16-6(2)13/h7-11,14H,3-4H2,1-2H3. The second-order valence-electron chi connectivity index (χ2n) is 3.77. The molecule has 0 aromatic heterocycles. The van der Waals surface area contributed by atoms with E-state index < -0.39 is 43.1 Å². The molecule has 4 atom stereocenters. The van der Waals surface area contributed by atoms with Crippen molar-refractivity contribution < 1.29 is 34.0 Å². The molecule has 4 unspecified atom stereocenters. The molecule has 0 radical (unpaired) electrons. The Morgan fingerprint density at radius 2 is 1.88 bits per heavy atom. The van der Waals surface area contributed by atoms with Gasteiger partial charge in [-0.2, -0.15) is 0 Å². The second-order valence-corrected chi connectivity index (χ2v) is 3.77. The molecule has 1 fully saturated rings. The highest BCUT2D eigenvalue weighted by Gasteiger charge is 2.42. The Bertz CT molecular complexity index is 290. The monoisotopic (exact) mass is 248 g/mol. The van der Waals surface area contributed by atoms with Crippen LogP contribution in [0.4, 0.5) is 0 Å². The first-order valence-corrected chi connectivity index (χ1v) is 5.23. The maximum atomic E-state index is 10.9. The SMILES string of the molecule is CC(=O)OC1CC(O)OC(CO)C1OC(C)=O. The Balaban J connectivity index is 2.78. The van der Waals surface area contributed by atoms with Crippen molar-refractivity contribution >= 4 is 11.9 Å². The zero-order chi connectivity index (χ0) is 13.0. The van der Waals surface area contributed by atoms with E-state index in [9.17, 15) is 14.7 Å². The first-order valence-electron chi connectivity index (χ1n) is 5.23. The lowest BCUT2D eigenvalue weighted by atomic mass is 10.0. The number of hydrogen-bond acceptors (Lipinski definition) is 7. The molecule has 0 amide bonds. The van der Waals surface area contributed by atoms with Crippen molar-refractivity contribution in [1.82, 2.24) is 0 Å². The number of hydrogen-bond donors (Lipinski definition) is 2. The largest absolute Gasteiger partial charge is 0.458 e. The van der Waals surface area contributed by atoms with Gasteiger partial charge in [0.05, 0.1) is 6.61 Å². The molecule has 17 heavy (non-hydrogen) atoms. The van der Waals surface area contributed by atoms with Gasteiger partial charge in [0.15, 0.2) is 12.4 Å². The zero-order valence-electron chi connectivity index (χ0n) is 9.66. The topological polar surface area (TPSA) is 102 Å². The maximum Gasteiger partial charge on any atom is 0.303 e. The molecule has 0 saturated carbocycles. The predicted molar refractivity (Wildman–Crippen MR) is 53.7 cm³/mol. The number of aliphatic hydroxyl groups is 2.